The van der Waals surface area contributed by atoms with Crippen LogP contribution in [-0.4, -0.2) is 11.5 Å². The lowest BCUT2D eigenvalue weighted by atomic mass is 9.89. The second kappa shape index (κ2) is 5.15. The minimum Gasteiger partial charge on any atom is -0.370 e. The molecule has 1 aromatic rings. The Morgan fingerprint density at radius 2 is 2.07 bits per heavy atom. The molecule has 0 aromatic carbocycles. The maximum atomic E-state index is 4.45. The number of nitrogens with one attached hydrogen (secondary N) is 1. The van der Waals surface area contributed by atoms with E-state index in [0.717, 1.165) is 24.0 Å². The molecule has 82 valence electrons. The lowest BCUT2D eigenvalue weighted by Crippen LogP contribution is -2.17. The van der Waals surface area contributed by atoms with Gasteiger partial charge in [-0.25, -0.2) is 4.98 Å². The third-order valence-corrected chi connectivity index (χ3v) is 3.18. The van der Waals surface area contributed by atoms with Crippen LogP contribution in [-0.2, 0) is 0 Å². The van der Waals surface area contributed by atoms with Crippen LogP contribution in [0.25, 0.3) is 0 Å². The van der Waals surface area contributed by atoms with Gasteiger partial charge in [0.25, 0.3) is 0 Å². The highest BCUT2D eigenvalue weighted by Gasteiger charge is 2.12. The Balaban J connectivity index is 1.81. The van der Waals surface area contributed by atoms with E-state index in [4.69, 9.17) is 0 Å². The summed E-state index contributed by atoms with van der Waals surface area (Å²) >= 11 is 0. The highest BCUT2D eigenvalue weighted by molar-refractivity contribution is 5.34. The van der Waals surface area contributed by atoms with Gasteiger partial charge in [-0.15, -0.1) is 0 Å². The molecule has 2 rings (SSSR count). The minimum absolute atomic E-state index is 0.862. The molecule has 0 spiro atoms. The van der Waals surface area contributed by atoms with Crippen molar-refractivity contribution >= 4 is 5.82 Å². The van der Waals surface area contributed by atoms with Gasteiger partial charge in [-0.2, -0.15) is 0 Å². The number of aryl methyl sites for hydroxylation is 1. The number of pyridine rings is 1. The van der Waals surface area contributed by atoms with Crippen LogP contribution in [0.1, 0.15) is 37.8 Å². The summed E-state index contributed by atoms with van der Waals surface area (Å²) < 4.78 is 0. The maximum Gasteiger partial charge on any atom is 0.126 e. The average Bonchev–Trinajstić information content (AvgIpc) is 2.28. The predicted octanol–water partition coefficient (Wildman–Crippen LogP) is 3.38. The Kier molecular flexibility index (Phi) is 3.59. The van der Waals surface area contributed by atoms with Crippen LogP contribution in [0, 0.1) is 12.8 Å². The second-order valence-corrected chi connectivity index (χ2v) is 4.55. The van der Waals surface area contributed by atoms with Crippen LogP contribution >= 0.6 is 0 Å². The fraction of sp³-hybridized carbons (Fsp3) is 0.615. The Bertz CT molecular complexity index is 303. The Hall–Kier alpha value is -1.05. The molecule has 1 fully saturated rings. The van der Waals surface area contributed by atoms with Crippen molar-refractivity contribution < 1.29 is 0 Å². The number of aromatic nitrogens is 1. The summed E-state index contributed by atoms with van der Waals surface area (Å²) in [7, 11) is 0. The lowest BCUT2D eigenvalue weighted by molar-refractivity contribution is 0.373. The standard InChI is InChI=1S/C13H20N2/c1-11-6-5-9-13(15-11)14-10-12-7-3-2-4-8-12/h5-6,9,12H,2-4,7-8,10H2,1H3,(H,14,15). The van der Waals surface area contributed by atoms with Gasteiger partial charge >= 0.3 is 0 Å². The first kappa shape index (κ1) is 10.5. The predicted molar refractivity (Wildman–Crippen MR) is 64.0 cm³/mol. The zero-order valence-corrected chi connectivity index (χ0v) is 9.50. The van der Waals surface area contributed by atoms with Crippen molar-refractivity contribution in [3.8, 4) is 0 Å². The van der Waals surface area contributed by atoms with Gasteiger partial charge in [0.05, 0.1) is 0 Å². The third kappa shape index (κ3) is 3.22. The monoisotopic (exact) mass is 204 g/mol. The van der Waals surface area contributed by atoms with Crippen molar-refractivity contribution in [1.82, 2.24) is 4.98 Å². The zero-order valence-electron chi connectivity index (χ0n) is 9.50. The summed E-state index contributed by atoms with van der Waals surface area (Å²) in [6.45, 7) is 3.13. The maximum absolute atomic E-state index is 4.45. The molecule has 0 radical (unpaired) electrons. The number of anilines is 1. The fourth-order valence-electron chi connectivity index (χ4n) is 2.28. The number of rotatable bonds is 3. The lowest BCUT2D eigenvalue weighted by Gasteiger charge is -2.21. The van der Waals surface area contributed by atoms with Crippen molar-refractivity contribution in [3.05, 3.63) is 23.9 Å². The Morgan fingerprint density at radius 1 is 1.27 bits per heavy atom. The van der Waals surface area contributed by atoms with E-state index in [-0.39, 0.29) is 0 Å². The van der Waals surface area contributed by atoms with Crippen LogP contribution < -0.4 is 5.32 Å². The highest BCUT2D eigenvalue weighted by atomic mass is 15.0. The molecule has 1 saturated carbocycles. The molecule has 15 heavy (non-hydrogen) atoms. The summed E-state index contributed by atoms with van der Waals surface area (Å²) in [6, 6.07) is 6.15. The molecule has 0 unspecified atom stereocenters. The van der Waals surface area contributed by atoms with Gasteiger partial charge < -0.3 is 5.32 Å². The van der Waals surface area contributed by atoms with Crippen molar-refractivity contribution in [1.29, 1.82) is 0 Å². The molecule has 0 atom stereocenters. The Morgan fingerprint density at radius 3 is 2.80 bits per heavy atom. The largest absolute Gasteiger partial charge is 0.370 e. The fourth-order valence-corrected chi connectivity index (χ4v) is 2.28. The molecule has 0 bridgehead atoms. The van der Waals surface area contributed by atoms with E-state index in [0.29, 0.717) is 0 Å². The van der Waals surface area contributed by atoms with Crippen LogP contribution in [0.15, 0.2) is 18.2 Å². The van der Waals surface area contributed by atoms with E-state index in [9.17, 15) is 0 Å². The number of nitrogens with zero attached hydrogens (tertiary/aromatic N) is 1. The van der Waals surface area contributed by atoms with Crippen LogP contribution in [0.4, 0.5) is 5.82 Å². The van der Waals surface area contributed by atoms with Gasteiger partial charge in [-0.3, -0.25) is 0 Å². The minimum atomic E-state index is 0.862. The van der Waals surface area contributed by atoms with Crippen molar-refractivity contribution in [2.75, 3.05) is 11.9 Å². The molecule has 1 aromatic heterocycles. The molecule has 2 heteroatoms. The van der Waals surface area contributed by atoms with E-state index < -0.39 is 0 Å². The van der Waals surface area contributed by atoms with Crippen molar-refractivity contribution in [3.63, 3.8) is 0 Å². The molecule has 2 nitrogen and oxygen atoms in total. The van der Waals surface area contributed by atoms with Crippen LogP contribution in [0.5, 0.6) is 0 Å². The first-order valence-electron chi connectivity index (χ1n) is 6.02. The SMILES string of the molecule is Cc1cccc(NCC2CCCCC2)n1. The van der Waals surface area contributed by atoms with Crippen LogP contribution in [0.2, 0.25) is 0 Å². The summed E-state index contributed by atoms with van der Waals surface area (Å²) in [5.74, 6) is 1.89. The molecule has 1 aliphatic carbocycles. The number of hydrogen-bond acceptors (Lipinski definition) is 2. The van der Waals surface area contributed by atoms with E-state index in [1.165, 1.54) is 32.1 Å². The van der Waals surface area contributed by atoms with E-state index >= 15 is 0 Å². The van der Waals surface area contributed by atoms with E-state index in [1.807, 2.05) is 13.0 Å². The molecule has 1 aliphatic rings. The zero-order chi connectivity index (χ0) is 10.5. The normalized spacial score (nSPS) is 17.7. The summed E-state index contributed by atoms with van der Waals surface area (Å²) in [5.41, 5.74) is 1.09. The average molecular weight is 204 g/mol. The van der Waals surface area contributed by atoms with Crippen molar-refractivity contribution in [2.45, 2.75) is 39.0 Å². The molecule has 0 amide bonds. The molecule has 1 heterocycles. The molecule has 0 saturated heterocycles. The third-order valence-electron chi connectivity index (χ3n) is 3.18. The van der Waals surface area contributed by atoms with E-state index in [2.05, 4.69) is 22.4 Å². The topological polar surface area (TPSA) is 24.9 Å². The van der Waals surface area contributed by atoms with Gasteiger partial charge in [0.1, 0.15) is 5.82 Å². The first-order valence-corrected chi connectivity index (χ1v) is 6.02. The number of hydrogen-bond donors (Lipinski definition) is 1. The van der Waals surface area contributed by atoms with Gasteiger partial charge in [0.15, 0.2) is 0 Å². The van der Waals surface area contributed by atoms with E-state index in [1.54, 1.807) is 0 Å². The van der Waals surface area contributed by atoms with Gasteiger partial charge in [0.2, 0.25) is 0 Å². The smallest absolute Gasteiger partial charge is 0.126 e. The molecule has 0 aliphatic heterocycles. The molecule has 1 N–H and O–H groups in total. The highest BCUT2D eigenvalue weighted by Crippen LogP contribution is 2.23. The summed E-state index contributed by atoms with van der Waals surface area (Å²) in [6.07, 6.45) is 7.03. The quantitative estimate of drug-likeness (QED) is 0.816. The van der Waals surface area contributed by atoms with Gasteiger partial charge in [0, 0.05) is 12.2 Å². The van der Waals surface area contributed by atoms with Crippen LogP contribution in [0.3, 0.4) is 0 Å². The summed E-state index contributed by atoms with van der Waals surface area (Å²) in [4.78, 5) is 4.45. The van der Waals surface area contributed by atoms with Gasteiger partial charge in [-0.1, -0.05) is 25.3 Å². The molecular formula is C13H20N2. The van der Waals surface area contributed by atoms with Crippen molar-refractivity contribution in [2.24, 2.45) is 5.92 Å². The first-order chi connectivity index (χ1) is 7.34. The summed E-state index contributed by atoms with van der Waals surface area (Å²) in [5, 5.41) is 3.44. The molecular weight excluding hydrogens is 184 g/mol. The Labute approximate surface area is 92.1 Å². The second-order valence-electron chi connectivity index (χ2n) is 4.55. The van der Waals surface area contributed by atoms with Gasteiger partial charge in [-0.05, 0) is 37.8 Å².